The number of hydrogen-bond acceptors (Lipinski definition) is 8. The van der Waals surface area contributed by atoms with Crippen molar-refractivity contribution in [2.75, 3.05) is 41.2 Å². The van der Waals surface area contributed by atoms with Crippen LogP contribution >= 0.6 is 11.6 Å². The third kappa shape index (κ3) is 2.21. The molecule has 0 unspecified atom stereocenters. The van der Waals surface area contributed by atoms with Crippen LogP contribution in [0.4, 0.5) is 0 Å². The minimum atomic E-state index is -0.885. The van der Waals surface area contributed by atoms with Gasteiger partial charge in [0.15, 0.2) is 5.60 Å². The predicted molar refractivity (Wildman–Crippen MR) is 130 cm³/mol. The number of carbonyl (C=O) groups is 1. The average Bonchev–Trinajstić information content (AvgIpc) is 3.40. The van der Waals surface area contributed by atoms with Gasteiger partial charge in [-0.2, -0.15) is 0 Å². The lowest BCUT2D eigenvalue weighted by Gasteiger charge is -2.71. The highest BCUT2D eigenvalue weighted by Crippen LogP contribution is 2.85. The van der Waals surface area contributed by atoms with Crippen LogP contribution in [0, 0.1) is 28.6 Å². The van der Waals surface area contributed by atoms with E-state index in [1.165, 1.54) is 6.92 Å². The van der Waals surface area contributed by atoms with Gasteiger partial charge in [-0.25, -0.2) is 0 Å². The first-order valence-corrected chi connectivity index (χ1v) is 14.0. The van der Waals surface area contributed by atoms with Gasteiger partial charge < -0.3 is 28.4 Å². The van der Waals surface area contributed by atoms with Gasteiger partial charge in [0.25, 0.3) is 0 Å². The number of likely N-dealkylation sites (tertiary alicyclic amines) is 1. The second-order valence-electron chi connectivity index (χ2n) is 12.8. The molecule has 7 rings (SSSR count). The molecule has 0 N–H and O–H groups in total. The number of alkyl halides is 1. The van der Waals surface area contributed by atoms with Crippen LogP contribution in [0.5, 0.6) is 0 Å². The molecule has 5 saturated carbocycles. The molecule has 9 heteroatoms. The van der Waals surface area contributed by atoms with Crippen LogP contribution in [-0.4, -0.2) is 98.6 Å². The van der Waals surface area contributed by atoms with Gasteiger partial charge in [-0.15, -0.1) is 11.6 Å². The molecule has 0 amide bonds. The van der Waals surface area contributed by atoms with E-state index in [0.717, 1.165) is 32.4 Å². The molecule has 0 aromatic rings. The predicted octanol–water partition coefficient (Wildman–Crippen LogP) is 2.60. The zero-order chi connectivity index (χ0) is 25.5. The third-order valence-corrected chi connectivity index (χ3v) is 12.8. The summed E-state index contributed by atoms with van der Waals surface area (Å²) in [4.78, 5) is 14.7. The number of halogens is 1. The quantitative estimate of drug-likeness (QED) is 0.400. The molecule has 7 aliphatic rings. The van der Waals surface area contributed by atoms with Gasteiger partial charge in [-0.05, 0) is 31.2 Å². The Balaban J connectivity index is 1.61. The number of carbonyl (C=O) groups excluding carboxylic acids is 1. The zero-order valence-corrected chi connectivity index (χ0v) is 23.0. The van der Waals surface area contributed by atoms with Crippen LogP contribution in [0.2, 0.25) is 0 Å². The molecule has 2 heterocycles. The molecule has 5 aliphatic carbocycles. The van der Waals surface area contributed by atoms with Gasteiger partial charge in [0.1, 0.15) is 18.5 Å². The average molecular weight is 526 g/mol. The van der Waals surface area contributed by atoms with Crippen LogP contribution in [0.25, 0.3) is 0 Å². The van der Waals surface area contributed by atoms with Crippen LogP contribution in [0.1, 0.15) is 46.5 Å². The van der Waals surface area contributed by atoms with Crippen molar-refractivity contribution in [3.8, 4) is 0 Å². The monoisotopic (exact) mass is 525 g/mol. The maximum absolute atomic E-state index is 12.8. The van der Waals surface area contributed by atoms with E-state index in [1.54, 1.807) is 14.2 Å². The van der Waals surface area contributed by atoms with Crippen LogP contribution in [-0.2, 0) is 33.2 Å². The number of rotatable bonds is 5. The summed E-state index contributed by atoms with van der Waals surface area (Å²) in [5.41, 5.74) is -2.29. The van der Waals surface area contributed by atoms with Crippen molar-refractivity contribution >= 4 is 17.6 Å². The number of ether oxygens (including phenoxy) is 6. The van der Waals surface area contributed by atoms with Gasteiger partial charge in [-0.1, -0.05) is 13.8 Å². The molecule has 0 aromatic heterocycles. The van der Waals surface area contributed by atoms with E-state index in [-0.39, 0.29) is 60.3 Å². The van der Waals surface area contributed by atoms with E-state index < -0.39 is 27.6 Å². The lowest BCUT2D eigenvalue weighted by Crippen LogP contribution is -2.84. The number of esters is 1. The van der Waals surface area contributed by atoms with Crippen molar-refractivity contribution in [1.29, 1.82) is 0 Å². The van der Waals surface area contributed by atoms with Gasteiger partial charge in [0, 0.05) is 64.4 Å². The summed E-state index contributed by atoms with van der Waals surface area (Å²) in [5.74, 6) is -0.287. The first-order chi connectivity index (χ1) is 17.2. The lowest BCUT2D eigenvalue weighted by atomic mass is 9.42. The minimum absolute atomic E-state index is 0.0145. The van der Waals surface area contributed by atoms with E-state index in [0.29, 0.717) is 6.42 Å². The van der Waals surface area contributed by atoms with E-state index in [1.807, 2.05) is 7.11 Å². The number of methoxy groups -OCH3 is 3. The highest BCUT2D eigenvalue weighted by Gasteiger charge is 2.97. The summed E-state index contributed by atoms with van der Waals surface area (Å²) in [6.07, 6.45) is 2.49. The molecule has 202 valence electrons. The first kappa shape index (κ1) is 24.6. The largest absolute Gasteiger partial charge is 0.459 e. The zero-order valence-electron chi connectivity index (χ0n) is 22.3. The molecule has 7 bridgehead atoms. The Morgan fingerprint density at radius 3 is 2.53 bits per heavy atom. The number of fused-ring (bicyclic) bond motifs is 1. The Kier molecular flexibility index (Phi) is 5.03. The van der Waals surface area contributed by atoms with Gasteiger partial charge in [-0.3, -0.25) is 9.69 Å². The number of piperidine rings is 1. The lowest BCUT2D eigenvalue weighted by molar-refractivity contribution is -0.275. The van der Waals surface area contributed by atoms with Crippen molar-refractivity contribution in [3.05, 3.63) is 0 Å². The van der Waals surface area contributed by atoms with Gasteiger partial charge in [0.05, 0.1) is 29.2 Å². The van der Waals surface area contributed by atoms with Crippen LogP contribution in [0.15, 0.2) is 0 Å². The summed E-state index contributed by atoms with van der Waals surface area (Å²) in [5, 5.41) is 0. The van der Waals surface area contributed by atoms with Crippen LogP contribution < -0.4 is 0 Å². The van der Waals surface area contributed by atoms with Crippen molar-refractivity contribution in [1.82, 2.24) is 4.90 Å². The first-order valence-electron chi connectivity index (χ1n) is 13.6. The highest BCUT2D eigenvalue weighted by molar-refractivity contribution is 6.25. The van der Waals surface area contributed by atoms with Crippen LogP contribution in [0.3, 0.4) is 0 Å². The third-order valence-electron chi connectivity index (χ3n) is 12.1. The molecule has 13 atom stereocenters. The van der Waals surface area contributed by atoms with Gasteiger partial charge >= 0.3 is 5.97 Å². The Labute approximate surface area is 218 Å². The summed E-state index contributed by atoms with van der Waals surface area (Å²) in [7, 11) is 5.37. The second-order valence-corrected chi connectivity index (χ2v) is 13.5. The Bertz CT molecular complexity index is 984. The molecule has 36 heavy (non-hydrogen) atoms. The van der Waals surface area contributed by atoms with Crippen molar-refractivity contribution in [2.45, 2.75) is 93.0 Å². The number of nitrogens with zero attached hydrogens (tertiary/aromatic N) is 1. The maximum Gasteiger partial charge on any atom is 0.303 e. The van der Waals surface area contributed by atoms with Gasteiger partial charge in [0.2, 0.25) is 0 Å². The molecule has 7 fully saturated rings. The van der Waals surface area contributed by atoms with E-state index in [4.69, 9.17) is 40.0 Å². The Morgan fingerprint density at radius 2 is 1.89 bits per heavy atom. The van der Waals surface area contributed by atoms with E-state index in [2.05, 4.69) is 18.7 Å². The molecule has 0 aromatic carbocycles. The fraction of sp³-hybridized carbons (Fsp3) is 0.963. The summed E-state index contributed by atoms with van der Waals surface area (Å²) in [6.45, 7) is 8.00. The topological polar surface area (TPSA) is 75.7 Å². The second kappa shape index (κ2) is 7.38. The molecular formula is C27H40ClNO7. The van der Waals surface area contributed by atoms with Crippen molar-refractivity contribution in [2.24, 2.45) is 28.6 Å². The molecule has 2 aliphatic heterocycles. The molecule has 8 nitrogen and oxygen atoms in total. The van der Waals surface area contributed by atoms with E-state index in [9.17, 15) is 4.79 Å². The molecule has 2 saturated heterocycles. The Morgan fingerprint density at radius 1 is 1.11 bits per heavy atom. The number of hydrogen-bond donors (Lipinski definition) is 0. The highest BCUT2D eigenvalue weighted by atomic mass is 35.5. The fourth-order valence-electron chi connectivity index (χ4n) is 11.7. The maximum atomic E-state index is 12.8. The minimum Gasteiger partial charge on any atom is -0.459 e. The van der Waals surface area contributed by atoms with Crippen molar-refractivity contribution in [3.63, 3.8) is 0 Å². The summed E-state index contributed by atoms with van der Waals surface area (Å²) in [6, 6.07) is -0.106. The summed E-state index contributed by atoms with van der Waals surface area (Å²) >= 11 is 8.25. The number of likely N-dealkylation sites (N-methyl/N-ethyl adjacent to an activating group) is 1. The summed E-state index contributed by atoms with van der Waals surface area (Å²) < 4.78 is 39.1. The molecule has 3 spiro atoms. The fourth-order valence-corrected chi connectivity index (χ4v) is 12.5. The molecular weight excluding hydrogens is 486 g/mol. The Hall–Kier alpha value is -0.480. The molecule has 0 radical (unpaired) electrons. The normalized spacial score (nSPS) is 60.2. The van der Waals surface area contributed by atoms with E-state index >= 15 is 0 Å². The smallest absolute Gasteiger partial charge is 0.303 e. The SMILES string of the molecule is CCN1C[C@]2(C)CC[C@H](OC)[C@]34[C@@H]2[C@H](OC(C)=O)[C@]2(OCO[C@@]25C[C@H](OC)[C@H]2C[C@]3(Cl)[C@@H]5[C@H]2OC)[C@@H]14. The standard InChI is InChI=1S/C27H40ClNO7/c1-7-29-12-23(3)9-8-17(32-5)26-20(23)21(36-14(2)30)27(22(26)29)25(34-13-35-27)11-16(31-4)15-10-24(26,28)19(25)18(15)33-6/h15-22H,7-13H2,1-6H3/t15-,16+,17+,18+,19+,20-,21+,22+,23+,24+,25-,26-,27+/m1/s1. The van der Waals surface area contributed by atoms with Crippen molar-refractivity contribution < 1.29 is 33.2 Å².